The minimum absolute atomic E-state index is 0.0967. The smallest absolute Gasteiger partial charge is 0.284 e. The third-order valence-corrected chi connectivity index (χ3v) is 4.78. The zero-order valence-corrected chi connectivity index (χ0v) is 12.6. The van der Waals surface area contributed by atoms with Gasteiger partial charge in [0.25, 0.3) is 5.69 Å². The van der Waals surface area contributed by atoms with Crippen LogP contribution >= 0.6 is 23.1 Å². The van der Waals surface area contributed by atoms with Crippen molar-refractivity contribution in [3.05, 3.63) is 51.7 Å². The molecule has 0 spiro atoms. The van der Waals surface area contributed by atoms with Crippen LogP contribution in [-0.4, -0.2) is 20.8 Å². The van der Waals surface area contributed by atoms with E-state index in [0.29, 0.717) is 9.92 Å². The van der Waals surface area contributed by atoms with Crippen molar-refractivity contribution in [2.45, 2.75) is 9.92 Å². The summed E-state index contributed by atoms with van der Waals surface area (Å²) in [5.41, 5.74) is 5.08. The van der Waals surface area contributed by atoms with Gasteiger partial charge in [0.1, 0.15) is 16.2 Å². The lowest BCUT2D eigenvalue weighted by atomic mass is 10.2. The topological polar surface area (TPSA) is 112 Å². The number of amides is 1. The lowest BCUT2D eigenvalue weighted by Gasteiger charge is -2.04. The molecule has 0 saturated heterocycles. The minimum atomic E-state index is -0.707. The summed E-state index contributed by atoms with van der Waals surface area (Å²) < 4.78 is 0. The molecular formula is C13H8N4O3S2. The number of nitrogens with zero attached hydrogens (tertiary/aromatic N) is 3. The maximum atomic E-state index is 11.2. The van der Waals surface area contributed by atoms with E-state index in [0.717, 1.165) is 22.0 Å². The van der Waals surface area contributed by atoms with Crippen molar-refractivity contribution in [3.63, 3.8) is 0 Å². The quantitative estimate of drug-likeness (QED) is 0.446. The molecule has 0 aliphatic rings. The summed E-state index contributed by atoms with van der Waals surface area (Å²) in [5.74, 6) is -0.707. The first-order valence-electron chi connectivity index (χ1n) is 6.00. The first-order valence-corrected chi connectivity index (χ1v) is 7.70. The van der Waals surface area contributed by atoms with E-state index in [1.807, 2.05) is 11.4 Å². The second-order valence-electron chi connectivity index (χ2n) is 4.22. The van der Waals surface area contributed by atoms with Gasteiger partial charge in [-0.3, -0.25) is 14.9 Å². The van der Waals surface area contributed by atoms with E-state index in [9.17, 15) is 14.9 Å². The van der Waals surface area contributed by atoms with Crippen molar-refractivity contribution in [1.82, 2.24) is 9.97 Å². The minimum Gasteiger partial charge on any atom is -0.366 e. The lowest BCUT2D eigenvalue weighted by molar-refractivity contribution is -0.387. The second-order valence-corrected chi connectivity index (χ2v) is 6.15. The van der Waals surface area contributed by atoms with Gasteiger partial charge in [-0.05, 0) is 23.6 Å². The Hall–Kier alpha value is -2.52. The van der Waals surface area contributed by atoms with E-state index in [1.165, 1.54) is 35.9 Å². The van der Waals surface area contributed by atoms with Crippen LogP contribution in [0, 0.1) is 10.1 Å². The van der Waals surface area contributed by atoms with Crippen LogP contribution < -0.4 is 5.73 Å². The Morgan fingerprint density at radius 3 is 2.86 bits per heavy atom. The molecule has 0 fully saturated rings. The number of benzene rings is 1. The molecule has 9 heteroatoms. The van der Waals surface area contributed by atoms with Crippen molar-refractivity contribution in [2.24, 2.45) is 5.73 Å². The van der Waals surface area contributed by atoms with E-state index in [-0.39, 0.29) is 11.3 Å². The highest BCUT2D eigenvalue weighted by atomic mass is 32.2. The largest absolute Gasteiger partial charge is 0.366 e. The van der Waals surface area contributed by atoms with Gasteiger partial charge < -0.3 is 5.73 Å². The van der Waals surface area contributed by atoms with Crippen LogP contribution in [0.4, 0.5) is 5.69 Å². The molecule has 1 aromatic carbocycles. The van der Waals surface area contributed by atoms with E-state index < -0.39 is 10.8 Å². The van der Waals surface area contributed by atoms with E-state index >= 15 is 0 Å². The molecule has 0 aliphatic carbocycles. The highest BCUT2D eigenvalue weighted by Crippen LogP contribution is 2.37. The Morgan fingerprint density at radius 2 is 2.14 bits per heavy atom. The van der Waals surface area contributed by atoms with Gasteiger partial charge in [-0.15, -0.1) is 11.3 Å². The van der Waals surface area contributed by atoms with E-state index in [1.54, 1.807) is 0 Å². The van der Waals surface area contributed by atoms with Crippen LogP contribution in [0.1, 0.15) is 10.4 Å². The normalized spacial score (nSPS) is 10.7. The molecule has 22 heavy (non-hydrogen) atoms. The summed E-state index contributed by atoms with van der Waals surface area (Å²) in [6.07, 6.45) is 1.42. The average Bonchev–Trinajstić information content (AvgIpc) is 2.96. The van der Waals surface area contributed by atoms with Crippen LogP contribution in [0.5, 0.6) is 0 Å². The molecule has 2 N–H and O–H groups in total. The van der Waals surface area contributed by atoms with Gasteiger partial charge in [-0.2, -0.15) is 0 Å². The van der Waals surface area contributed by atoms with E-state index in [2.05, 4.69) is 9.97 Å². The van der Waals surface area contributed by atoms with Gasteiger partial charge in [0.15, 0.2) is 0 Å². The highest BCUT2D eigenvalue weighted by molar-refractivity contribution is 7.99. The number of carbonyl (C=O) groups excluding carboxylic acids is 1. The number of carbonyl (C=O) groups is 1. The maximum absolute atomic E-state index is 11.2. The Labute approximate surface area is 132 Å². The molecule has 0 saturated carbocycles. The predicted octanol–water partition coefficient (Wildman–Crippen LogP) is 2.85. The summed E-state index contributed by atoms with van der Waals surface area (Å²) >= 11 is 2.63. The number of fused-ring (bicyclic) bond motifs is 1. The number of rotatable bonds is 4. The van der Waals surface area contributed by atoms with Crippen LogP contribution in [-0.2, 0) is 0 Å². The zero-order chi connectivity index (χ0) is 15.7. The molecule has 2 aromatic heterocycles. The third kappa shape index (κ3) is 2.63. The van der Waals surface area contributed by atoms with Gasteiger partial charge in [0, 0.05) is 17.0 Å². The lowest BCUT2D eigenvalue weighted by Crippen LogP contribution is -2.11. The first-order chi connectivity index (χ1) is 10.6. The Balaban J connectivity index is 2.07. The highest BCUT2D eigenvalue weighted by Gasteiger charge is 2.19. The number of hydrogen-bond acceptors (Lipinski definition) is 7. The molecule has 2 heterocycles. The fourth-order valence-corrected chi connectivity index (χ4v) is 3.61. The molecule has 3 rings (SSSR count). The summed E-state index contributed by atoms with van der Waals surface area (Å²) in [5, 5.41) is 14.6. The molecular weight excluding hydrogens is 324 g/mol. The zero-order valence-electron chi connectivity index (χ0n) is 10.9. The third-order valence-electron chi connectivity index (χ3n) is 2.87. The molecule has 0 unspecified atom stereocenters. The molecule has 0 aliphatic heterocycles. The van der Waals surface area contributed by atoms with Crippen LogP contribution in [0.25, 0.3) is 10.2 Å². The van der Waals surface area contributed by atoms with Gasteiger partial charge in [-0.25, -0.2) is 9.97 Å². The molecule has 1 amide bonds. The van der Waals surface area contributed by atoms with Gasteiger partial charge >= 0.3 is 0 Å². The summed E-state index contributed by atoms with van der Waals surface area (Å²) in [6, 6.07) is 6.01. The molecule has 3 aromatic rings. The second kappa shape index (κ2) is 5.70. The van der Waals surface area contributed by atoms with Crippen molar-refractivity contribution in [2.75, 3.05) is 0 Å². The van der Waals surface area contributed by atoms with Crippen molar-refractivity contribution in [3.8, 4) is 0 Å². The standard InChI is InChI=1S/C13H8N4O3S2/c14-11(18)7-1-2-10(9(5-7)17(19)20)22-13-8-3-4-21-12(8)15-6-16-13/h1-6H,(H2,14,18). The number of hydrogen-bond donors (Lipinski definition) is 1. The van der Waals surface area contributed by atoms with Crippen molar-refractivity contribution < 1.29 is 9.72 Å². The SMILES string of the molecule is NC(=O)c1ccc(Sc2ncnc3sccc23)c([N+](=O)[O-])c1. The van der Waals surface area contributed by atoms with Crippen LogP contribution in [0.3, 0.4) is 0 Å². The van der Waals surface area contributed by atoms with Crippen molar-refractivity contribution >= 4 is 44.9 Å². The number of aromatic nitrogens is 2. The summed E-state index contributed by atoms with van der Waals surface area (Å²) in [6.45, 7) is 0. The molecule has 7 nitrogen and oxygen atoms in total. The van der Waals surface area contributed by atoms with Gasteiger partial charge in [-0.1, -0.05) is 11.8 Å². The Morgan fingerprint density at radius 1 is 1.32 bits per heavy atom. The molecule has 0 bridgehead atoms. The number of thiophene rings is 1. The molecule has 0 atom stereocenters. The number of nitro benzene ring substituents is 1. The van der Waals surface area contributed by atoms with Crippen LogP contribution in [0.2, 0.25) is 0 Å². The van der Waals surface area contributed by atoms with Crippen LogP contribution in [0.15, 0.2) is 45.9 Å². The summed E-state index contributed by atoms with van der Waals surface area (Å²) in [4.78, 5) is 31.3. The van der Waals surface area contributed by atoms with Gasteiger partial charge in [0.2, 0.25) is 5.91 Å². The fourth-order valence-electron chi connectivity index (χ4n) is 1.85. The van der Waals surface area contributed by atoms with Crippen molar-refractivity contribution in [1.29, 1.82) is 0 Å². The number of nitro groups is 1. The summed E-state index contributed by atoms with van der Waals surface area (Å²) in [7, 11) is 0. The molecule has 0 radical (unpaired) electrons. The van der Waals surface area contributed by atoms with E-state index in [4.69, 9.17) is 5.73 Å². The fraction of sp³-hybridized carbons (Fsp3) is 0. The average molecular weight is 332 g/mol. The number of nitrogens with two attached hydrogens (primary N) is 1. The monoisotopic (exact) mass is 332 g/mol. The first kappa shape index (κ1) is 14.4. The maximum Gasteiger partial charge on any atom is 0.284 e. The van der Waals surface area contributed by atoms with Gasteiger partial charge in [0.05, 0.1) is 9.82 Å². The molecule has 110 valence electrons. The number of primary amides is 1. The Bertz CT molecular complexity index is 894. The predicted molar refractivity (Wildman–Crippen MR) is 83.2 cm³/mol. The Kier molecular flexibility index (Phi) is 3.73.